The fraction of sp³-hybridized carbons (Fsp3) is 0.519. The molecule has 0 unspecified atom stereocenters. The van der Waals surface area contributed by atoms with Crippen molar-refractivity contribution in [3.8, 4) is 0 Å². The van der Waals surface area contributed by atoms with Gasteiger partial charge in [-0.1, -0.05) is 36.4 Å². The third-order valence-electron chi connectivity index (χ3n) is 7.31. The Labute approximate surface area is 202 Å². The zero-order chi connectivity index (χ0) is 24.1. The summed E-state index contributed by atoms with van der Waals surface area (Å²) in [4.78, 5) is 46.5. The van der Waals surface area contributed by atoms with Crippen LogP contribution in [-0.2, 0) is 9.59 Å². The zero-order valence-electron chi connectivity index (χ0n) is 20.4. The Morgan fingerprint density at radius 3 is 2.15 bits per heavy atom. The van der Waals surface area contributed by atoms with Crippen LogP contribution in [0.25, 0.3) is 10.8 Å². The summed E-state index contributed by atoms with van der Waals surface area (Å²) in [6.45, 7) is 9.90. The first-order chi connectivity index (χ1) is 16.5. The van der Waals surface area contributed by atoms with Gasteiger partial charge in [0.15, 0.2) is 0 Å². The number of nitrogens with zero attached hydrogens (tertiary/aromatic N) is 4. The predicted molar refractivity (Wildman–Crippen MR) is 134 cm³/mol. The lowest BCUT2D eigenvalue weighted by atomic mass is 9.94. The van der Waals surface area contributed by atoms with Crippen LogP contribution in [0.15, 0.2) is 42.5 Å². The second-order valence-corrected chi connectivity index (χ2v) is 9.26. The van der Waals surface area contributed by atoms with Gasteiger partial charge in [0.1, 0.15) is 0 Å². The van der Waals surface area contributed by atoms with Gasteiger partial charge in [0.05, 0.1) is 6.54 Å². The van der Waals surface area contributed by atoms with Gasteiger partial charge in [0.25, 0.3) is 5.91 Å². The molecule has 0 atom stereocenters. The Morgan fingerprint density at radius 1 is 0.824 bits per heavy atom. The Morgan fingerprint density at radius 2 is 1.47 bits per heavy atom. The van der Waals surface area contributed by atoms with E-state index in [9.17, 15) is 14.4 Å². The van der Waals surface area contributed by atoms with E-state index in [-0.39, 0.29) is 23.6 Å². The van der Waals surface area contributed by atoms with E-state index in [1.807, 2.05) is 71.0 Å². The zero-order valence-corrected chi connectivity index (χ0v) is 20.4. The van der Waals surface area contributed by atoms with Crippen LogP contribution in [-0.4, -0.2) is 96.2 Å². The van der Waals surface area contributed by atoms with Crippen LogP contribution >= 0.6 is 0 Å². The van der Waals surface area contributed by atoms with Gasteiger partial charge in [0.2, 0.25) is 11.8 Å². The van der Waals surface area contributed by atoms with Crippen molar-refractivity contribution >= 4 is 28.5 Å². The van der Waals surface area contributed by atoms with Gasteiger partial charge in [-0.15, -0.1) is 0 Å². The first kappa shape index (κ1) is 24.2. The number of carbonyl (C=O) groups excluding carboxylic acids is 3. The first-order valence-electron chi connectivity index (χ1n) is 12.6. The number of carbonyl (C=O) groups is 3. The number of benzene rings is 2. The molecule has 4 rings (SSSR count). The third kappa shape index (κ3) is 5.25. The van der Waals surface area contributed by atoms with Crippen molar-refractivity contribution in [3.63, 3.8) is 0 Å². The van der Waals surface area contributed by atoms with Gasteiger partial charge in [-0.25, -0.2) is 0 Å². The molecule has 0 aliphatic carbocycles. The molecule has 7 heteroatoms. The van der Waals surface area contributed by atoms with E-state index < -0.39 is 0 Å². The van der Waals surface area contributed by atoms with E-state index in [1.54, 1.807) is 0 Å². The van der Waals surface area contributed by atoms with Crippen LogP contribution in [0, 0.1) is 5.92 Å². The van der Waals surface area contributed by atoms with E-state index >= 15 is 0 Å². The van der Waals surface area contributed by atoms with E-state index in [0.29, 0.717) is 45.6 Å². The fourth-order valence-corrected chi connectivity index (χ4v) is 5.16. The average molecular weight is 465 g/mol. The lowest BCUT2D eigenvalue weighted by Crippen LogP contribution is -2.53. The minimum Gasteiger partial charge on any atom is -0.342 e. The lowest BCUT2D eigenvalue weighted by molar-refractivity contribution is -0.139. The van der Waals surface area contributed by atoms with Crippen LogP contribution < -0.4 is 0 Å². The van der Waals surface area contributed by atoms with Crippen molar-refractivity contribution in [1.29, 1.82) is 0 Å². The highest BCUT2D eigenvalue weighted by atomic mass is 16.2. The molecular formula is C27H36N4O3. The molecular weight excluding hydrogens is 428 g/mol. The molecule has 0 spiro atoms. The lowest BCUT2D eigenvalue weighted by Gasteiger charge is -2.38. The quantitative estimate of drug-likeness (QED) is 0.660. The molecule has 182 valence electrons. The number of amides is 3. The maximum absolute atomic E-state index is 13.2. The minimum atomic E-state index is -0.0274. The molecule has 3 amide bonds. The summed E-state index contributed by atoms with van der Waals surface area (Å²) in [6, 6.07) is 13.8. The molecule has 0 bridgehead atoms. The number of likely N-dealkylation sites (N-methyl/N-ethyl adjacent to an activating group) is 1. The summed E-state index contributed by atoms with van der Waals surface area (Å²) in [7, 11) is 0. The summed E-state index contributed by atoms with van der Waals surface area (Å²) in [5.74, 6) is 0.384. The molecule has 0 N–H and O–H groups in total. The smallest absolute Gasteiger partial charge is 0.254 e. The van der Waals surface area contributed by atoms with Crippen molar-refractivity contribution < 1.29 is 14.4 Å². The highest BCUT2D eigenvalue weighted by Crippen LogP contribution is 2.25. The summed E-state index contributed by atoms with van der Waals surface area (Å²) in [5.41, 5.74) is 0.734. The van der Waals surface area contributed by atoms with Gasteiger partial charge in [-0.05, 0) is 43.5 Å². The summed E-state index contributed by atoms with van der Waals surface area (Å²) < 4.78 is 0. The Bertz CT molecular complexity index is 1010. The van der Waals surface area contributed by atoms with Gasteiger partial charge in [-0.3, -0.25) is 19.3 Å². The van der Waals surface area contributed by atoms with E-state index in [2.05, 4.69) is 4.90 Å². The SMILES string of the molecule is CCN(CC)C(=O)CN1CCN(C(=O)C2CCN(C(=O)c3cccc4ccccc34)CC2)CC1. The topological polar surface area (TPSA) is 64.2 Å². The molecule has 0 radical (unpaired) electrons. The Kier molecular flexibility index (Phi) is 7.83. The largest absolute Gasteiger partial charge is 0.342 e. The second-order valence-electron chi connectivity index (χ2n) is 9.26. The average Bonchev–Trinajstić information content (AvgIpc) is 2.89. The van der Waals surface area contributed by atoms with Crippen LogP contribution in [0.2, 0.25) is 0 Å². The predicted octanol–water partition coefficient (Wildman–Crippen LogP) is 2.70. The molecule has 7 nitrogen and oxygen atoms in total. The molecule has 2 aliphatic rings. The van der Waals surface area contributed by atoms with Gasteiger partial charge >= 0.3 is 0 Å². The van der Waals surface area contributed by atoms with Crippen molar-refractivity contribution in [2.24, 2.45) is 5.92 Å². The van der Waals surface area contributed by atoms with E-state index in [1.165, 1.54) is 0 Å². The normalized spacial score (nSPS) is 17.7. The number of hydrogen-bond acceptors (Lipinski definition) is 4. The maximum atomic E-state index is 13.2. The minimum absolute atomic E-state index is 0.0274. The number of hydrogen-bond donors (Lipinski definition) is 0. The Hall–Kier alpha value is -2.93. The number of piperidine rings is 1. The van der Waals surface area contributed by atoms with Crippen LogP contribution in [0.5, 0.6) is 0 Å². The van der Waals surface area contributed by atoms with Crippen molar-refractivity contribution in [1.82, 2.24) is 19.6 Å². The van der Waals surface area contributed by atoms with Crippen molar-refractivity contribution in [3.05, 3.63) is 48.0 Å². The Balaban J connectivity index is 1.27. The van der Waals surface area contributed by atoms with Crippen molar-refractivity contribution in [2.75, 3.05) is 58.9 Å². The van der Waals surface area contributed by atoms with Gasteiger partial charge < -0.3 is 14.7 Å². The van der Waals surface area contributed by atoms with Gasteiger partial charge in [-0.2, -0.15) is 0 Å². The molecule has 2 aromatic rings. The molecule has 2 aliphatic heterocycles. The van der Waals surface area contributed by atoms with Crippen LogP contribution in [0.1, 0.15) is 37.0 Å². The van der Waals surface area contributed by atoms with Gasteiger partial charge in [0, 0.05) is 63.8 Å². The summed E-state index contributed by atoms with van der Waals surface area (Å²) in [5, 5.41) is 2.04. The molecule has 34 heavy (non-hydrogen) atoms. The second kappa shape index (κ2) is 11.0. The maximum Gasteiger partial charge on any atom is 0.254 e. The fourth-order valence-electron chi connectivity index (χ4n) is 5.16. The van der Waals surface area contributed by atoms with E-state index in [0.717, 1.165) is 42.5 Å². The first-order valence-corrected chi connectivity index (χ1v) is 12.6. The summed E-state index contributed by atoms with van der Waals surface area (Å²) >= 11 is 0. The molecule has 2 saturated heterocycles. The van der Waals surface area contributed by atoms with Crippen molar-refractivity contribution in [2.45, 2.75) is 26.7 Å². The van der Waals surface area contributed by atoms with Crippen LogP contribution in [0.3, 0.4) is 0 Å². The highest BCUT2D eigenvalue weighted by Gasteiger charge is 2.32. The summed E-state index contributed by atoms with van der Waals surface area (Å²) in [6.07, 6.45) is 1.41. The molecule has 2 aromatic carbocycles. The van der Waals surface area contributed by atoms with Crippen LogP contribution in [0.4, 0.5) is 0 Å². The number of rotatable bonds is 6. The standard InChI is InChI=1S/C27H36N4O3/c1-3-29(4-2)25(32)20-28-16-18-31(19-17-28)26(33)22-12-14-30(15-13-22)27(34)24-11-7-9-21-8-5-6-10-23(21)24/h5-11,22H,3-4,12-20H2,1-2H3. The molecule has 0 saturated carbocycles. The molecule has 2 heterocycles. The highest BCUT2D eigenvalue weighted by molar-refractivity contribution is 6.07. The number of piperazine rings is 1. The van der Waals surface area contributed by atoms with E-state index in [4.69, 9.17) is 0 Å². The third-order valence-corrected chi connectivity index (χ3v) is 7.31. The molecule has 0 aromatic heterocycles. The number of fused-ring (bicyclic) bond motifs is 1. The monoisotopic (exact) mass is 464 g/mol. The number of likely N-dealkylation sites (tertiary alicyclic amines) is 1. The molecule has 2 fully saturated rings.